The van der Waals surface area contributed by atoms with Gasteiger partial charge in [-0.05, 0) is 28.5 Å². The average molecular weight is 359 g/mol. The third kappa shape index (κ3) is 3.88. The lowest BCUT2D eigenvalue weighted by Crippen LogP contribution is -2.27. The van der Waals surface area contributed by atoms with Gasteiger partial charge in [-0.1, -0.05) is 71.7 Å². The maximum atomic E-state index is 12.1. The Bertz CT molecular complexity index is 875. The lowest BCUT2D eigenvalue weighted by atomic mass is 10.0. The fraction of sp³-hybridized carbons (Fsp3) is 0.105. The van der Waals surface area contributed by atoms with E-state index in [0.29, 0.717) is 22.3 Å². The van der Waals surface area contributed by atoms with Gasteiger partial charge in [0.15, 0.2) is 0 Å². The van der Waals surface area contributed by atoms with Crippen LogP contribution < -0.4 is 10.6 Å². The van der Waals surface area contributed by atoms with E-state index in [4.69, 9.17) is 23.2 Å². The molecule has 0 spiro atoms. The highest BCUT2D eigenvalue weighted by Gasteiger charge is 2.08. The van der Waals surface area contributed by atoms with Crippen molar-refractivity contribution in [1.29, 1.82) is 0 Å². The minimum absolute atomic E-state index is 0.167. The van der Waals surface area contributed by atoms with Gasteiger partial charge in [0.25, 0.3) is 0 Å². The number of benzene rings is 3. The number of amides is 1. The summed E-state index contributed by atoms with van der Waals surface area (Å²) in [4.78, 5) is 12.1. The smallest absolute Gasteiger partial charge is 0.238 e. The first kappa shape index (κ1) is 16.8. The van der Waals surface area contributed by atoms with E-state index in [2.05, 4.69) is 34.9 Å². The summed E-state index contributed by atoms with van der Waals surface area (Å²) in [6.07, 6.45) is 0. The summed E-state index contributed by atoms with van der Waals surface area (Å²) in [6, 6.07) is 19.5. The molecule has 5 heteroatoms. The molecule has 3 rings (SSSR count). The van der Waals surface area contributed by atoms with E-state index in [-0.39, 0.29) is 12.5 Å². The molecule has 0 aliphatic rings. The maximum absolute atomic E-state index is 12.1. The molecule has 0 heterocycles. The van der Waals surface area contributed by atoms with Crippen molar-refractivity contribution < 1.29 is 4.79 Å². The van der Waals surface area contributed by atoms with Crippen molar-refractivity contribution in [3.05, 3.63) is 76.3 Å². The number of carbonyl (C=O) groups excluding carboxylic acids is 1. The van der Waals surface area contributed by atoms with Crippen LogP contribution in [0.4, 0.5) is 5.69 Å². The number of hydrogen-bond acceptors (Lipinski definition) is 2. The molecule has 0 radical (unpaired) electrons. The topological polar surface area (TPSA) is 41.1 Å². The molecule has 0 unspecified atom stereocenters. The molecule has 0 atom stereocenters. The molecule has 0 bridgehead atoms. The van der Waals surface area contributed by atoms with Crippen LogP contribution in [-0.2, 0) is 11.3 Å². The number of halogens is 2. The van der Waals surface area contributed by atoms with Gasteiger partial charge in [0.05, 0.1) is 22.3 Å². The van der Waals surface area contributed by atoms with E-state index in [0.717, 1.165) is 5.56 Å². The third-order valence-corrected chi connectivity index (χ3v) is 4.53. The summed E-state index contributed by atoms with van der Waals surface area (Å²) in [5.41, 5.74) is 1.67. The molecule has 0 aromatic heterocycles. The Morgan fingerprint density at radius 1 is 0.917 bits per heavy atom. The van der Waals surface area contributed by atoms with Crippen molar-refractivity contribution in [2.24, 2.45) is 0 Å². The number of rotatable bonds is 5. The molecule has 0 saturated carbocycles. The fourth-order valence-electron chi connectivity index (χ4n) is 2.55. The summed E-state index contributed by atoms with van der Waals surface area (Å²) in [7, 11) is 0. The molecule has 0 aliphatic heterocycles. The second-order valence-electron chi connectivity index (χ2n) is 5.39. The molecule has 3 nitrogen and oxygen atoms in total. The molecule has 3 aromatic rings. The van der Waals surface area contributed by atoms with E-state index >= 15 is 0 Å². The van der Waals surface area contributed by atoms with Crippen LogP contribution in [0, 0.1) is 0 Å². The molecule has 0 aliphatic carbocycles. The van der Waals surface area contributed by atoms with E-state index in [1.165, 1.54) is 10.8 Å². The van der Waals surface area contributed by atoms with Gasteiger partial charge >= 0.3 is 0 Å². The molecule has 122 valence electrons. The molecular formula is C19H16Cl2N2O. The van der Waals surface area contributed by atoms with Crippen LogP contribution in [0.5, 0.6) is 0 Å². The first-order valence-corrected chi connectivity index (χ1v) is 8.32. The number of fused-ring (bicyclic) bond motifs is 1. The predicted molar refractivity (Wildman–Crippen MR) is 101 cm³/mol. The zero-order valence-corrected chi connectivity index (χ0v) is 14.4. The van der Waals surface area contributed by atoms with Gasteiger partial charge < -0.3 is 10.6 Å². The van der Waals surface area contributed by atoms with Crippen LogP contribution in [0.2, 0.25) is 10.0 Å². The zero-order valence-electron chi connectivity index (χ0n) is 12.9. The molecule has 1 amide bonds. The van der Waals surface area contributed by atoms with Gasteiger partial charge in [0, 0.05) is 6.54 Å². The van der Waals surface area contributed by atoms with Gasteiger partial charge in [-0.25, -0.2) is 0 Å². The lowest BCUT2D eigenvalue weighted by Gasteiger charge is -2.10. The molecular weight excluding hydrogens is 343 g/mol. The van der Waals surface area contributed by atoms with E-state index in [1.807, 2.05) is 18.2 Å². The number of nitrogens with one attached hydrogen (secondary N) is 2. The number of carbonyl (C=O) groups is 1. The second-order valence-corrected chi connectivity index (χ2v) is 6.18. The molecule has 0 fully saturated rings. The summed E-state index contributed by atoms with van der Waals surface area (Å²) in [5.74, 6) is -0.167. The van der Waals surface area contributed by atoms with Crippen molar-refractivity contribution >= 4 is 45.6 Å². The Morgan fingerprint density at radius 3 is 2.54 bits per heavy atom. The fourth-order valence-corrected chi connectivity index (χ4v) is 2.90. The van der Waals surface area contributed by atoms with E-state index in [9.17, 15) is 4.79 Å². The standard InChI is InChI=1S/C19H16Cl2N2O/c20-16-9-4-10-17(19(16)21)23-18(24)12-22-11-14-7-3-6-13-5-1-2-8-15(13)14/h1-10,22H,11-12H2,(H,23,24). The zero-order chi connectivity index (χ0) is 16.9. The summed E-state index contributed by atoms with van der Waals surface area (Å²) >= 11 is 12.0. The highest BCUT2D eigenvalue weighted by Crippen LogP contribution is 2.29. The Hall–Kier alpha value is -2.07. The molecule has 0 saturated heterocycles. The number of hydrogen-bond donors (Lipinski definition) is 2. The Labute approximate surface area is 150 Å². The average Bonchev–Trinajstić information content (AvgIpc) is 2.59. The van der Waals surface area contributed by atoms with Crippen LogP contribution in [0.1, 0.15) is 5.56 Å². The van der Waals surface area contributed by atoms with E-state index in [1.54, 1.807) is 18.2 Å². The molecule has 2 N–H and O–H groups in total. The Morgan fingerprint density at radius 2 is 1.67 bits per heavy atom. The van der Waals surface area contributed by atoms with Gasteiger partial charge in [-0.15, -0.1) is 0 Å². The second kappa shape index (κ2) is 7.67. The monoisotopic (exact) mass is 358 g/mol. The van der Waals surface area contributed by atoms with Gasteiger partial charge in [0.2, 0.25) is 5.91 Å². The Kier molecular flexibility index (Phi) is 5.36. The van der Waals surface area contributed by atoms with Crippen LogP contribution >= 0.6 is 23.2 Å². The van der Waals surface area contributed by atoms with Gasteiger partial charge in [-0.2, -0.15) is 0 Å². The summed E-state index contributed by atoms with van der Waals surface area (Å²) in [6.45, 7) is 0.796. The van der Waals surface area contributed by atoms with Gasteiger partial charge in [0.1, 0.15) is 0 Å². The predicted octanol–water partition coefficient (Wildman–Crippen LogP) is 4.87. The van der Waals surface area contributed by atoms with Gasteiger partial charge in [-0.3, -0.25) is 4.79 Å². The SMILES string of the molecule is O=C(CNCc1cccc2ccccc12)Nc1cccc(Cl)c1Cl. The van der Waals surface area contributed by atoms with Crippen LogP contribution in [0.15, 0.2) is 60.7 Å². The van der Waals surface area contributed by atoms with Crippen molar-refractivity contribution in [2.45, 2.75) is 6.54 Å². The molecule has 3 aromatic carbocycles. The molecule has 24 heavy (non-hydrogen) atoms. The van der Waals surface area contributed by atoms with Crippen molar-refractivity contribution in [3.8, 4) is 0 Å². The lowest BCUT2D eigenvalue weighted by molar-refractivity contribution is -0.115. The quantitative estimate of drug-likeness (QED) is 0.682. The minimum atomic E-state index is -0.167. The van der Waals surface area contributed by atoms with Crippen molar-refractivity contribution in [3.63, 3.8) is 0 Å². The first-order valence-electron chi connectivity index (χ1n) is 7.56. The number of anilines is 1. The van der Waals surface area contributed by atoms with Crippen LogP contribution in [0.3, 0.4) is 0 Å². The highest BCUT2D eigenvalue weighted by molar-refractivity contribution is 6.44. The van der Waals surface area contributed by atoms with Crippen LogP contribution in [0.25, 0.3) is 10.8 Å². The summed E-state index contributed by atoms with van der Waals surface area (Å²) in [5, 5.41) is 9.05. The van der Waals surface area contributed by atoms with Crippen molar-refractivity contribution in [1.82, 2.24) is 5.32 Å². The van der Waals surface area contributed by atoms with Crippen molar-refractivity contribution in [2.75, 3.05) is 11.9 Å². The first-order chi connectivity index (χ1) is 11.6. The van der Waals surface area contributed by atoms with Crippen LogP contribution in [-0.4, -0.2) is 12.5 Å². The largest absolute Gasteiger partial charge is 0.324 e. The third-order valence-electron chi connectivity index (χ3n) is 3.71. The summed E-state index contributed by atoms with van der Waals surface area (Å²) < 4.78 is 0. The van der Waals surface area contributed by atoms with E-state index < -0.39 is 0 Å². The highest BCUT2D eigenvalue weighted by atomic mass is 35.5. The normalized spacial score (nSPS) is 10.8. The minimum Gasteiger partial charge on any atom is -0.324 e. The maximum Gasteiger partial charge on any atom is 0.238 e. The Balaban J connectivity index is 1.60.